The number of amides is 3. The van der Waals surface area contributed by atoms with E-state index in [-0.39, 0.29) is 24.3 Å². The monoisotopic (exact) mass is 240 g/mol. The second-order valence-electron chi connectivity index (χ2n) is 3.25. The van der Waals surface area contributed by atoms with Crippen LogP contribution in [0.15, 0.2) is 18.2 Å². The highest BCUT2D eigenvalue weighted by Gasteiger charge is 2.11. The van der Waals surface area contributed by atoms with Crippen LogP contribution in [0.2, 0.25) is 0 Å². The average molecular weight is 240 g/mol. The molecule has 0 atom stereocenters. The van der Waals surface area contributed by atoms with Crippen molar-refractivity contribution < 1.29 is 14.0 Å². The Bertz CT molecular complexity index is 436. The van der Waals surface area contributed by atoms with Gasteiger partial charge in [-0.15, -0.1) is 0 Å². The van der Waals surface area contributed by atoms with Gasteiger partial charge in [0.2, 0.25) is 0 Å². The number of benzene rings is 1. The lowest BCUT2D eigenvalue weighted by Gasteiger charge is -2.08. The average Bonchev–Trinajstić information content (AvgIpc) is 2.27. The number of hydrogen-bond donors (Lipinski definition) is 4. The largest absolute Gasteiger partial charge is 0.396 e. The number of carbonyl (C=O) groups excluding carboxylic acids is 2. The molecule has 17 heavy (non-hydrogen) atoms. The number of primary amides is 1. The van der Waals surface area contributed by atoms with Gasteiger partial charge in [-0.05, 0) is 12.1 Å². The zero-order valence-corrected chi connectivity index (χ0v) is 9.00. The number of hydrogen-bond acceptors (Lipinski definition) is 3. The van der Waals surface area contributed by atoms with Crippen LogP contribution in [0.3, 0.4) is 0 Å². The predicted octanol–water partition coefficient (Wildman–Crippen LogP) is -0.194. The molecule has 0 aromatic heterocycles. The number of carbonyl (C=O) groups is 2. The summed E-state index contributed by atoms with van der Waals surface area (Å²) in [5.41, 5.74) is 10.1. The maximum Gasteiger partial charge on any atom is 0.312 e. The lowest BCUT2D eigenvalue weighted by atomic mass is 10.1. The Morgan fingerprint density at radius 2 is 1.88 bits per heavy atom. The molecule has 0 heterocycles. The minimum absolute atomic E-state index is 0.0593. The molecular weight excluding hydrogens is 227 g/mol. The first-order valence-electron chi connectivity index (χ1n) is 4.88. The molecule has 0 aliphatic rings. The first-order chi connectivity index (χ1) is 8.02. The van der Waals surface area contributed by atoms with Gasteiger partial charge in [0.15, 0.2) is 0 Å². The van der Waals surface area contributed by atoms with Gasteiger partial charge in [0, 0.05) is 13.1 Å². The normalized spacial score (nSPS) is 9.71. The van der Waals surface area contributed by atoms with Gasteiger partial charge in [-0.1, -0.05) is 6.07 Å². The van der Waals surface area contributed by atoms with Gasteiger partial charge < -0.3 is 22.1 Å². The summed E-state index contributed by atoms with van der Waals surface area (Å²) in [4.78, 5) is 21.9. The van der Waals surface area contributed by atoms with E-state index in [2.05, 4.69) is 10.6 Å². The zero-order valence-electron chi connectivity index (χ0n) is 9.00. The van der Waals surface area contributed by atoms with E-state index in [0.29, 0.717) is 0 Å². The molecule has 0 fully saturated rings. The number of rotatable bonds is 4. The molecule has 0 bridgehead atoms. The van der Waals surface area contributed by atoms with Crippen LogP contribution in [0.5, 0.6) is 0 Å². The van der Waals surface area contributed by atoms with Gasteiger partial charge in [-0.2, -0.15) is 0 Å². The summed E-state index contributed by atoms with van der Waals surface area (Å²) in [7, 11) is 0. The summed E-state index contributed by atoms with van der Waals surface area (Å²) in [6.07, 6.45) is 0. The zero-order chi connectivity index (χ0) is 12.8. The molecule has 92 valence electrons. The molecule has 1 aromatic carbocycles. The Hall–Kier alpha value is -2.31. The Morgan fingerprint density at radius 1 is 1.24 bits per heavy atom. The molecule has 6 nitrogen and oxygen atoms in total. The fourth-order valence-electron chi connectivity index (χ4n) is 1.19. The fourth-order valence-corrected chi connectivity index (χ4v) is 1.19. The molecule has 6 N–H and O–H groups in total. The van der Waals surface area contributed by atoms with Crippen molar-refractivity contribution in [3.05, 3.63) is 29.6 Å². The Labute approximate surface area is 97.2 Å². The van der Waals surface area contributed by atoms with Crippen LogP contribution in [0, 0.1) is 5.82 Å². The van der Waals surface area contributed by atoms with Crippen molar-refractivity contribution in [3.63, 3.8) is 0 Å². The highest BCUT2D eigenvalue weighted by Crippen LogP contribution is 2.15. The van der Waals surface area contributed by atoms with Crippen LogP contribution in [-0.2, 0) is 0 Å². The van der Waals surface area contributed by atoms with E-state index in [1.165, 1.54) is 18.2 Å². The van der Waals surface area contributed by atoms with E-state index in [1.807, 2.05) is 0 Å². The van der Waals surface area contributed by atoms with E-state index in [4.69, 9.17) is 11.5 Å². The van der Waals surface area contributed by atoms with E-state index in [9.17, 15) is 14.0 Å². The van der Waals surface area contributed by atoms with Gasteiger partial charge in [0.05, 0.1) is 11.3 Å². The Kier molecular flexibility index (Phi) is 4.27. The Balaban J connectivity index is 2.53. The topological polar surface area (TPSA) is 110 Å². The van der Waals surface area contributed by atoms with Crippen LogP contribution in [-0.4, -0.2) is 25.0 Å². The van der Waals surface area contributed by atoms with Gasteiger partial charge in [-0.3, -0.25) is 4.79 Å². The summed E-state index contributed by atoms with van der Waals surface area (Å²) < 4.78 is 13.1. The lowest BCUT2D eigenvalue weighted by molar-refractivity contribution is 0.0954. The van der Waals surface area contributed by atoms with Crippen molar-refractivity contribution in [1.82, 2.24) is 10.6 Å². The summed E-state index contributed by atoms with van der Waals surface area (Å²) in [5.74, 6) is -1.15. The first kappa shape index (κ1) is 12.8. The van der Waals surface area contributed by atoms with Crippen LogP contribution in [0.4, 0.5) is 14.9 Å². The molecule has 3 amide bonds. The first-order valence-corrected chi connectivity index (χ1v) is 4.88. The van der Waals surface area contributed by atoms with Crippen LogP contribution < -0.4 is 22.1 Å². The maximum absolute atomic E-state index is 13.1. The van der Waals surface area contributed by atoms with Crippen molar-refractivity contribution in [3.8, 4) is 0 Å². The fraction of sp³-hybridized carbons (Fsp3) is 0.200. The molecule has 7 heteroatoms. The van der Waals surface area contributed by atoms with E-state index >= 15 is 0 Å². The number of halogens is 1. The van der Waals surface area contributed by atoms with Gasteiger partial charge in [-0.25, -0.2) is 9.18 Å². The predicted molar refractivity (Wildman–Crippen MR) is 60.7 cm³/mol. The number of nitrogens with two attached hydrogens (primary N) is 2. The van der Waals surface area contributed by atoms with Crippen molar-refractivity contribution in [2.45, 2.75) is 0 Å². The highest BCUT2D eigenvalue weighted by molar-refractivity contribution is 5.99. The number of anilines is 1. The van der Waals surface area contributed by atoms with Crippen LogP contribution >= 0.6 is 0 Å². The van der Waals surface area contributed by atoms with E-state index < -0.39 is 17.8 Å². The summed E-state index contributed by atoms with van der Waals surface area (Å²) in [6, 6.07) is 3.29. The third kappa shape index (κ3) is 3.63. The number of urea groups is 1. The summed E-state index contributed by atoms with van der Waals surface area (Å²) in [5, 5.41) is 4.76. The van der Waals surface area contributed by atoms with E-state index in [0.717, 1.165) is 0 Å². The van der Waals surface area contributed by atoms with Gasteiger partial charge >= 0.3 is 6.03 Å². The molecule has 0 radical (unpaired) electrons. The third-order valence-corrected chi connectivity index (χ3v) is 2.01. The summed E-state index contributed by atoms with van der Waals surface area (Å²) in [6.45, 7) is 0.369. The number of nitrogens with one attached hydrogen (secondary N) is 2. The number of para-hydroxylation sites is 1. The molecule has 1 aromatic rings. The van der Waals surface area contributed by atoms with Crippen molar-refractivity contribution in [2.24, 2.45) is 5.73 Å². The van der Waals surface area contributed by atoms with Crippen molar-refractivity contribution in [1.29, 1.82) is 0 Å². The van der Waals surface area contributed by atoms with Gasteiger partial charge in [0.1, 0.15) is 5.82 Å². The third-order valence-electron chi connectivity index (χ3n) is 2.01. The maximum atomic E-state index is 13.1. The molecule has 0 unspecified atom stereocenters. The van der Waals surface area contributed by atoms with Crippen LogP contribution in [0.25, 0.3) is 0 Å². The van der Waals surface area contributed by atoms with Crippen molar-refractivity contribution >= 4 is 17.6 Å². The van der Waals surface area contributed by atoms with Crippen molar-refractivity contribution in [2.75, 3.05) is 18.8 Å². The molecule has 0 saturated heterocycles. The Morgan fingerprint density at radius 3 is 2.53 bits per heavy atom. The number of nitrogen functional groups attached to an aromatic ring is 1. The molecule has 1 rings (SSSR count). The molecule has 0 saturated carbocycles. The smallest absolute Gasteiger partial charge is 0.312 e. The standard InChI is InChI=1S/C10H13FN4O2/c11-7-3-1-2-6(8(7)12)9(16)14-4-5-15-10(13)17/h1-3H,4-5,12H2,(H,14,16)(H3,13,15,17). The highest BCUT2D eigenvalue weighted by atomic mass is 19.1. The minimum atomic E-state index is -0.676. The second kappa shape index (κ2) is 5.69. The quantitative estimate of drug-likeness (QED) is 0.432. The molecule has 0 aliphatic carbocycles. The van der Waals surface area contributed by atoms with E-state index in [1.54, 1.807) is 0 Å². The second-order valence-corrected chi connectivity index (χ2v) is 3.25. The molecular formula is C10H13FN4O2. The van der Waals surface area contributed by atoms with Gasteiger partial charge in [0.25, 0.3) is 5.91 Å². The molecule has 0 spiro atoms. The van der Waals surface area contributed by atoms with Crippen LogP contribution in [0.1, 0.15) is 10.4 Å². The lowest BCUT2D eigenvalue weighted by Crippen LogP contribution is -2.37. The SMILES string of the molecule is NC(=O)NCCNC(=O)c1cccc(F)c1N. The minimum Gasteiger partial charge on any atom is -0.396 e. The molecule has 0 aliphatic heterocycles. The summed E-state index contributed by atoms with van der Waals surface area (Å²) >= 11 is 0.